The molecular weight excluding hydrogens is 360 g/mol. The molecule has 7 nitrogen and oxygen atoms in total. The average molecular weight is 379 g/mol. The number of rotatable bonds is 8. The summed E-state index contributed by atoms with van der Waals surface area (Å²) in [4.78, 5) is 23.2. The Morgan fingerprint density at radius 1 is 1.04 bits per heavy atom. The molecule has 0 atom stereocenters. The van der Waals surface area contributed by atoms with Crippen molar-refractivity contribution in [3.8, 4) is 11.5 Å². The van der Waals surface area contributed by atoms with Crippen molar-refractivity contribution < 1.29 is 27.8 Å². The molecule has 0 spiro atoms. The normalized spacial score (nSPS) is 10.3. The van der Waals surface area contributed by atoms with Gasteiger partial charge < -0.3 is 25.4 Å². The molecule has 0 unspecified atom stereocenters. The van der Waals surface area contributed by atoms with Crippen molar-refractivity contribution in [3.05, 3.63) is 42.5 Å². The van der Waals surface area contributed by atoms with Crippen LogP contribution in [0.3, 0.4) is 0 Å². The molecule has 0 aromatic heterocycles. The molecule has 2 aromatic carbocycles. The summed E-state index contributed by atoms with van der Waals surface area (Å²) >= 11 is 0. The highest BCUT2D eigenvalue weighted by Crippen LogP contribution is 2.27. The first kappa shape index (κ1) is 20.0. The van der Waals surface area contributed by atoms with Crippen molar-refractivity contribution in [2.24, 2.45) is 0 Å². The van der Waals surface area contributed by atoms with Crippen molar-refractivity contribution in [2.45, 2.75) is 13.5 Å². The third kappa shape index (κ3) is 6.46. The maximum Gasteiger partial charge on any atom is 0.387 e. The maximum atomic E-state index is 12.1. The van der Waals surface area contributed by atoms with Crippen LogP contribution in [0.1, 0.15) is 6.92 Å². The second-order valence-corrected chi connectivity index (χ2v) is 5.40. The van der Waals surface area contributed by atoms with Gasteiger partial charge in [-0.05, 0) is 42.5 Å². The molecule has 0 heterocycles. The van der Waals surface area contributed by atoms with Gasteiger partial charge in [-0.25, -0.2) is 0 Å². The summed E-state index contributed by atoms with van der Waals surface area (Å²) in [7, 11) is 1.49. The van der Waals surface area contributed by atoms with Crippen LogP contribution in [0.4, 0.5) is 25.8 Å². The van der Waals surface area contributed by atoms with Gasteiger partial charge in [0.05, 0.1) is 19.3 Å². The number of anilines is 3. The maximum absolute atomic E-state index is 12.1. The molecule has 2 rings (SSSR count). The zero-order chi connectivity index (χ0) is 19.8. The van der Waals surface area contributed by atoms with Crippen LogP contribution in [-0.4, -0.2) is 32.1 Å². The second kappa shape index (κ2) is 9.37. The van der Waals surface area contributed by atoms with E-state index in [-0.39, 0.29) is 24.1 Å². The van der Waals surface area contributed by atoms with E-state index in [0.29, 0.717) is 22.8 Å². The zero-order valence-electron chi connectivity index (χ0n) is 14.7. The number of carbonyl (C=O) groups is 2. The summed E-state index contributed by atoms with van der Waals surface area (Å²) in [5.74, 6) is -0.0707. The van der Waals surface area contributed by atoms with E-state index >= 15 is 0 Å². The van der Waals surface area contributed by atoms with Crippen molar-refractivity contribution in [3.63, 3.8) is 0 Å². The predicted octanol–water partition coefficient (Wildman–Crippen LogP) is 3.31. The Kier molecular flexibility index (Phi) is 6.93. The lowest BCUT2D eigenvalue weighted by Crippen LogP contribution is -2.22. The minimum absolute atomic E-state index is 0.000599. The minimum Gasteiger partial charge on any atom is -0.495 e. The lowest BCUT2D eigenvalue weighted by Gasteiger charge is -2.13. The van der Waals surface area contributed by atoms with E-state index < -0.39 is 6.61 Å². The topological polar surface area (TPSA) is 88.7 Å². The Morgan fingerprint density at radius 2 is 1.70 bits per heavy atom. The molecule has 0 saturated carbocycles. The van der Waals surface area contributed by atoms with Crippen LogP contribution < -0.4 is 25.4 Å². The number of hydrogen-bond acceptors (Lipinski definition) is 5. The van der Waals surface area contributed by atoms with Gasteiger partial charge in [0.1, 0.15) is 11.5 Å². The van der Waals surface area contributed by atoms with Crippen LogP contribution in [0, 0.1) is 0 Å². The van der Waals surface area contributed by atoms with E-state index in [1.807, 2.05) is 0 Å². The average Bonchev–Trinajstić information content (AvgIpc) is 2.61. The molecule has 0 radical (unpaired) electrons. The number of hydrogen-bond donors (Lipinski definition) is 3. The first-order valence-corrected chi connectivity index (χ1v) is 7.91. The Balaban J connectivity index is 1.95. The number of halogens is 2. The van der Waals surface area contributed by atoms with E-state index in [1.165, 1.54) is 38.3 Å². The Bertz CT molecular complexity index is 798. The zero-order valence-corrected chi connectivity index (χ0v) is 14.7. The number of carbonyl (C=O) groups excluding carboxylic acids is 2. The molecule has 0 aliphatic carbocycles. The minimum atomic E-state index is -2.90. The number of nitrogens with one attached hydrogen (secondary N) is 3. The SMILES string of the molecule is COc1ccc(NC(C)=O)cc1NCC(=O)Nc1ccc(OC(F)F)cc1. The summed E-state index contributed by atoms with van der Waals surface area (Å²) < 4.78 is 33.7. The number of benzene rings is 2. The fourth-order valence-corrected chi connectivity index (χ4v) is 2.23. The van der Waals surface area contributed by atoms with Crippen molar-refractivity contribution in [1.82, 2.24) is 0 Å². The summed E-state index contributed by atoms with van der Waals surface area (Å²) in [5.41, 5.74) is 1.52. The monoisotopic (exact) mass is 379 g/mol. The molecule has 0 fully saturated rings. The molecule has 2 amide bonds. The quantitative estimate of drug-likeness (QED) is 0.655. The summed E-state index contributed by atoms with van der Waals surface area (Å²) in [5, 5.41) is 8.19. The van der Waals surface area contributed by atoms with Crippen LogP contribution in [-0.2, 0) is 9.59 Å². The highest BCUT2D eigenvalue weighted by Gasteiger charge is 2.09. The summed E-state index contributed by atoms with van der Waals surface area (Å²) in [6.45, 7) is -1.59. The van der Waals surface area contributed by atoms with Gasteiger partial charge in [-0.1, -0.05) is 0 Å². The molecule has 9 heteroatoms. The molecule has 0 aliphatic rings. The molecule has 0 saturated heterocycles. The number of ether oxygens (including phenoxy) is 2. The van der Waals surface area contributed by atoms with Crippen LogP contribution in [0.5, 0.6) is 11.5 Å². The smallest absolute Gasteiger partial charge is 0.387 e. The largest absolute Gasteiger partial charge is 0.495 e. The van der Waals surface area contributed by atoms with Gasteiger partial charge in [-0.15, -0.1) is 0 Å². The van der Waals surface area contributed by atoms with Gasteiger partial charge in [0.2, 0.25) is 11.8 Å². The number of amides is 2. The third-order valence-corrected chi connectivity index (χ3v) is 3.32. The van der Waals surface area contributed by atoms with E-state index in [1.54, 1.807) is 18.2 Å². The lowest BCUT2D eigenvalue weighted by molar-refractivity contribution is -0.115. The first-order chi connectivity index (χ1) is 12.9. The van der Waals surface area contributed by atoms with E-state index in [2.05, 4.69) is 20.7 Å². The highest BCUT2D eigenvalue weighted by atomic mass is 19.3. The van der Waals surface area contributed by atoms with Crippen LogP contribution >= 0.6 is 0 Å². The third-order valence-electron chi connectivity index (χ3n) is 3.32. The van der Waals surface area contributed by atoms with E-state index in [4.69, 9.17) is 4.74 Å². The fourth-order valence-electron chi connectivity index (χ4n) is 2.23. The highest BCUT2D eigenvalue weighted by molar-refractivity contribution is 5.94. The van der Waals surface area contributed by atoms with E-state index in [0.717, 1.165) is 0 Å². The van der Waals surface area contributed by atoms with Gasteiger partial charge in [0.15, 0.2) is 0 Å². The first-order valence-electron chi connectivity index (χ1n) is 7.91. The van der Waals surface area contributed by atoms with Crippen molar-refractivity contribution in [2.75, 3.05) is 29.6 Å². The molecule has 144 valence electrons. The Hall–Kier alpha value is -3.36. The van der Waals surface area contributed by atoms with Gasteiger partial charge in [-0.2, -0.15) is 8.78 Å². The standard InChI is InChI=1S/C18H19F2N3O4/c1-11(24)22-13-5-8-16(26-2)15(9-13)21-10-17(25)23-12-3-6-14(7-4-12)27-18(19)20/h3-9,18,21H,10H2,1-2H3,(H,22,24)(H,23,25). The Morgan fingerprint density at radius 3 is 2.30 bits per heavy atom. The van der Waals surface area contributed by atoms with Gasteiger partial charge in [-0.3, -0.25) is 9.59 Å². The molecule has 0 aliphatic heterocycles. The molecule has 27 heavy (non-hydrogen) atoms. The summed E-state index contributed by atoms with van der Waals surface area (Å²) in [6, 6.07) is 10.5. The van der Waals surface area contributed by atoms with Gasteiger partial charge in [0.25, 0.3) is 0 Å². The molecule has 2 aromatic rings. The molecule has 0 bridgehead atoms. The Labute approximate surface area is 154 Å². The van der Waals surface area contributed by atoms with Crippen LogP contribution in [0.2, 0.25) is 0 Å². The van der Waals surface area contributed by atoms with Gasteiger partial charge in [0, 0.05) is 18.3 Å². The predicted molar refractivity (Wildman–Crippen MR) is 97.5 cm³/mol. The second-order valence-electron chi connectivity index (χ2n) is 5.40. The summed E-state index contributed by atoms with van der Waals surface area (Å²) in [6.07, 6.45) is 0. The molecule has 3 N–H and O–H groups in total. The number of methoxy groups -OCH3 is 1. The van der Waals surface area contributed by atoms with Crippen LogP contribution in [0.25, 0.3) is 0 Å². The van der Waals surface area contributed by atoms with Gasteiger partial charge >= 0.3 is 6.61 Å². The van der Waals surface area contributed by atoms with Crippen molar-refractivity contribution in [1.29, 1.82) is 0 Å². The molecular formula is C18H19F2N3O4. The van der Waals surface area contributed by atoms with Crippen LogP contribution in [0.15, 0.2) is 42.5 Å². The van der Waals surface area contributed by atoms with E-state index in [9.17, 15) is 18.4 Å². The fraction of sp³-hybridized carbons (Fsp3) is 0.222. The number of alkyl halides is 2. The lowest BCUT2D eigenvalue weighted by atomic mass is 10.2. The van der Waals surface area contributed by atoms with Crippen molar-refractivity contribution >= 4 is 28.9 Å².